The normalized spacial score (nSPS) is 14.7. The fraction of sp³-hybridized carbons (Fsp3) is 0.154. The van der Waals surface area contributed by atoms with Crippen molar-refractivity contribution in [2.75, 3.05) is 13.7 Å². The molecular formula is C26H22ClNO4S. The molecule has 0 bridgehead atoms. The Bertz CT molecular complexity index is 1180. The highest BCUT2D eigenvalue weighted by Gasteiger charge is 2.34. The summed E-state index contributed by atoms with van der Waals surface area (Å²) < 4.78 is 11.4. The number of thioether (sulfide) groups is 1. The average Bonchev–Trinajstić information content (AvgIpc) is 3.10. The highest BCUT2D eigenvalue weighted by Crippen LogP contribution is 2.35. The van der Waals surface area contributed by atoms with Crippen LogP contribution in [0.15, 0.2) is 77.7 Å². The van der Waals surface area contributed by atoms with Gasteiger partial charge in [-0.3, -0.25) is 14.5 Å². The number of imide groups is 1. The Morgan fingerprint density at radius 3 is 2.42 bits per heavy atom. The summed E-state index contributed by atoms with van der Waals surface area (Å²) in [6, 6.07) is 22.6. The van der Waals surface area contributed by atoms with Crippen LogP contribution in [0, 0.1) is 0 Å². The number of hydrogen-bond donors (Lipinski definition) is 0. The molecule has 0 N–H and O–H groups in total. The summed E-state index contributed by atoms with van der Waals surface area (Å²) >= 11 is 6.88. The molecule has 0 unspecified atom stereocenters. The number of rotatable bonds is 8. The minimum Gasteiger partial charge on any atom is -0.493 e. The molecule has 1 aliphatic heterocycles. The van der Waals surface area contributed by atoms with Gasteiger partial charge in [-0.1, -0.05) is 60.1 Å². The van der Waals surface area contributed by atoms with Gasteiger partial charge in [0.15, 0.2) is 11.5 Å². The van der Waals surface area contributed by atoms with Crippen LogP contribution >= 0.6 is 23.4 Å². The number of amides is 2. The third-order valence-electron chi connectivity index (χ3n) is 5.13. The van der Waals surface area contributed by atoms with Gasteiger partial charge in [0.05, 0.1) is 12.0 Å². The van der Waals surface area contributed by atoms with E-state index in [1.807, 2.05) is 60.7 Å². The van der Waals surface area contributed by atoms with Crippen LogP contribution in [0.4, 0.5) is 4.79 Å². The number of ether oxygens (including phenoxy) is 2. The predicted molar refractivity (Wildman–Crippen MR) is 132 cm³/mol. The Labute approximate surface area is 202 Å². The van der Waals surface area contributed by atoms with Crippen molar-refractivity contribution in [2.45, 2.75) is 13.0 Å². The van der Waals surface area contributed by atoms with Crippen LogP contribution in [0.5, 0.6) is 11.5 Å². The molecule has 1 saturated heterocycles. The van der Waals surface area contributed by atoms with E-state index in [1.165, 1.54) is 4.90 Å². The number of hydrogen-bond acceptors (Lipinski definition) is 5. The van der Waals surface area contributed by atoms with Crippen molar-refractivity contribution < 1.29 is 19.1 Å². The standard InChI is InChI=1S/C26H22ClNO4S/c1-31-23-15-20(9-12-22(23)32-17-19-7-10-21(27)11-8-19)16-24-25(29)28(26(30)33-24)14-13-18-5-3-2-4-6-18/h2-12,15-16H,13-14,17H2,1H3/b24-16-. The number of methoxy groups -OCH3 is 1. The second-order valence-corrected chi connectivity index (χ2v) is 8.82. The molecule has 0 saturated carbocycles. The maximum Gasteiger partial charge on any atom is 0.293 e. The molecular weight excluding hydrogens is 458 g/mol. The zero-order valence-electron chi connectivity index (χ0n) is 18.0. The van der Waals surface area contributed by atoms with E-state index < -0.39 is 0 Å². The van der Waals surface area contributed by atoms with Crippen molar-refractivity contribution in [1.29, 1.82) is 0 Å². The number of benzene rings is 3. The van der Waals surface area contributed by atoms with Crippen LogP contribution in [0.1, 0.15) is 16.7 Å². The summed E-state index contributed by atoms with van der Waals surface area (Å²) in [6.45, 7) is 0.722. The Morgan fingerprint density at radius 2 is 1.70 bits per heavy atom. The molecule has 1 aliphatic rings. The third-order valence-corrected chi connectivity index (χ3v) is 6.29. The summed E-state index contributed by atoms with van der Waals surface area (Å²) in [6.07, 6.45) is 2.33. The summed E-state index contributed by atoms with van der Waals surface area (Å²) in [5, 5.41) is 0.419. The lowest BCUT2D eigenvalue weighted by atomic mass is 10.1. The van der Waals surface area contributed by atoms with Crippen molar-refractivity contribution >= 4 is 40.6 Å². The Kier molecular flexibility index (Phi) is 7.37. The fourth-order valence-corrected chi connectivity index (χ4v) is 4.36. The van der Waals surface area contributed by atoms with Crippen LogP contribution in [0.3, 0.4) is 0 Å². The first-order valence-electron chi connectivity index (χ1n) is 10.4. The number of carbonyl (C=O) groups excluding carboxylic acids is 2. The second kappa shape index (κ2) is 10.6. The van der Waals surface area contributed by atoms with Gasteiger partial charge in [-0.2, -0.15) is 0 Å². The van der Waals surface area contributed by atoms with Crippen LogP contribution in [-0.4, -0.2) is 29.7 Å². The van der Waals surface area contributed by atoms with Crippen LogP contribution in [0.2, 0.25) is 5.02 Å². The summed E-state index contributed by atoms with van der Waals surface area (Å²) in [5.74, 6) is 0.851. The zero-order valence-corrected chi connectivity index (χ0v) is 19.6. The molecule has 0 aromatic heterocycles. The lowest BCUT2D eigenvalue weighted by Crippen LogP contribution is -2.30. The fourth-order valence-electron chi connectivity index (χ4n) is 3.36. The quantitative estimate of drug-likeness (QED) is 0.360. The minimum atomic E-state index is -0.275. The van der Waals surface area contributed by atoms with Gasteiger partial charge in [-0.05, 0) is 65.2 Å². The van der Waals surface area contributed by atoms with E-state index >= 15 is 0 Å². The third kappa shape index (κ3) is 5.78. The van der Waals surface area contributed by atoms with Gasteiger partial charge in [-0.15, -0.1) is 0 Å². The van der Waals surface area contributed by atoms with Gasteiger partial charge in [0.1, 0.15) is 6.61 Å². The smallest absolute Gasteiger partial charge is 0.293 e. The van der Waals surface area contributed by atoms with Crippen molar-refractivity contribution in [2.24, 2.45) is 0 Å². The molecule has 0 spiro atoms. The van der Waals surface area contributed by atoms with E-state index in [1.54, 1.807) is 25.3 Å². The monoisotopic (exact) mass is 479 g/mol. The molecule has 0 aliphatic carbocycles. The second-order valence-electron chi connectivity index (χ2n) is 7.39. The van der Waals surface area contributed by atoms with E-state index in [9.17, 15) is 9.59 Å². The molecule has 0 radical (unpaired) electrons. The van der Waals surface area contributed by atoms with Crippen molar-refractivity contribution in [1.82, 2.24) is 4.90 Å². The molecule has 3 aromatic carbocycles. The van der Waals surface area contributed by atoms with Gasteiger partial charge >= 0.3 is 0 Å². The predicted octanol–water partition coefficient (Wildman–Crippen LogP) is 6.21. The lowest BCUT2D eigenvalue weighted by Gasteiger charge is -2.12. The molecule has 168 valence electrons. The number of halogens is 1. The summed E-state index contributed by atoms with van der Waals surface area (Å²) in [5.41, 5.74) is 2.81. The van der Waals surface area contributed by atoms with Crippen LogP contribution in [-0.2, 0) is 17.8 Å². The highest BCUT2D eigenvalue weighted by atomic mass is 35.5. The summed E-state index contributed by atoms with van der Waals surface area (Å²) in [7, 11) is 1.56. The van der Waals surface area contributed by atoms with Crippen molar-refractivity contribution in [3.8, 4) is 11.5 Å². The molecule has 3 aromatic rings. The van der Waals surface area contributed by atoms with E-state index in [2.05, 4.69) is 0 Å². The number of carbonyl (C=O) groups is 2. The minimum absolute atomic E-state index is 0.253. The first-order valence-corrected chi connectivity index (χ1v) is 11.6. The first-order chi connectivity index (χ1) is 16.0. The van der Waals surface area contributed by atoms with E-state index in [-0.39, 0.29) is 11.1 Å². The van der Waals surface area contributed by atoms with Gasteiger partial charge in [-0.25, -0.2) is 0 Å². The molecule has 33 heavy (non-hydrogen) atoms. The maximum atomic E-state index is 12.8. The molecule has 0 atom stereocenters. The van der Waals surface area contributed by atoms with E-state index in [0.29, 0.717) is 41.0 Å². The molecule has 5 nitrogen and oxygen atoms in total. The topological polar surface area (TPSA) is 55.8 Å². The molecule has 1 fully saturated rings. The van der Waals surface area contributed by atoms with Gasteiger partial charge in [0.2, 0.25) is 0 Å². The maximum absolute atomic E-state index is 12.8. The number of nitrogens with zero attached hydrogens (tertiary/aromatic N) is 1. The summed E-state index contributed by atoms with van der Waals surface area (Å²) in [4.78, 5) is 26.9. The van der Waals surface area contributed by atoms with Crippen molar-refractivity contribution in [3.63, 3.8) is 0 Å². The van der Waals surface area contributed by atoms with E-state index in [0.717, 1.165) is 28.5 Å². The highest BCUT2D eigenvalue weighted by molar-refractivity contribution is 8.18. The largest absolute Gasteiger partial charge is 0.493 e. The Balaban J connectivity index is 1.43. The molecule has 7 heteroatoms. The van der Waals surface area contributed by atoms with Gasteiger partial charge < -0.3 is 9.47 Å². The lowest BCUT2D eigenvalue weighted by molar-refractivity contribution is -0.122. The van der Waals surface area contributed by atoms with Gasteiger partial charge in [0, 0.05) is 11.6 Å². The van der Waals surface area contributed by atoms with Crippen molar-refractivity contribution in [3.05, 3.63) is 99.4 Å². The SMILES string of the molecule is COc1cc(/C=C2\SC(=O)N(CCc3ccccc3)C2=O)ccc1OCc1ccc(Cl)cc1. The first kappa shape index (κ1) is 23.0. The Morgan fingerprint density at radius 1 is 0.939 bits per heavy atom. The zero-order chi connectivity index (χ0) is 23.2. The van der Waals surface area contributed by atoms with Crippen LogP contribution in [0.25, 0.3) is 6.08 Å². The van der Waals surface area contributed by atoms with Gasteiger partial charge in [0.25, 0.3) is 11.1 Å². The Hall–Kier alpha value is -3.22. The average molecular weight is 480 g/mol. The van der Waals surface area contributed by atoms with Crippen LogP contribution < -0.4 is 9.47 Å². The molecule has 1 heterocycles. The molecule has 2 amide bonds. The molecule has 4 rings (SSSR count). The van der Waals surface area contributed by atoms with E-state index in [4.69, 9.17) is 21.1 Å².